The Morgan fingerprint density at radius 3 is 2.21 bits per heavy atom. The molecule has 1 N–H and O–H groups in total. The van der Waals surface area contributed by atoms with Crippen LogP contribution in [0.1, 0.15) is 73.7 Å². The summed E-state index contributed by atoms with van der Waals surface area (Å²) in [6, 6.07) is 5.57. The van der Waals surface area contributed by atoms with Gasteiger partial charge in [-0.05, 0) is 62.8 Å². The molecule has 0 amide bonds. The van der Waals surface area contributed by atoms with Crippen LogP contribution in [0.3, 0.4) is 0 Å². The summed E-state index contributed by atoms with van der Waals surface area (Å²) in [7, 11) is -1.57. The fourth-order valence-corrected chi connectivity index (χ4v) is 8.99. The van der Waals surface area contributed by atoms with E-state index in [4.69, 9.17) is 0 Å². The number of aryl methyl sites for hydroxylation is 2. The summed E-state index contributed by atoms with van der Waals surface area (Å²) in [5, 5.41) is 0. The van der Waals surface area contributed by atoms with E-state index in [1.807, 2.05) is 0 Å². The molecule has 1 aromatic rings. The number of nitrogens with one attached hydrogen (secondary N) is 1. The van der Waals surface area contributed by atoms with Gasteiger partial charge in [0.1, 0.15) is 8.24 Å². The first-order valence-electron chi connectivity index (χ1n) is 9.38. The summed E-state index contributed by atoms with van der Waals surface area (Å²) in [6.07, 6.45) is 7.02. The molecule has 0 saturated heterocycles. The van der Waals surface area contributed by atoms with Crippen molar-refractivity contribution >= 4 is 13.8 Å². The van der Waals surface area contributed by atoms with Crippen molar-refractivity contribution in [3.8, 4) is 0 Å². The van der Waals surface area contributed by atoms with Crippen molar-refractivity contribution in [2.24, 2.45) is 0 Å². The van der Waals surface area contributed by atoms with Crippen molar-refractivity contribution in [3.05, 3.63) is 40.0 Å². The van der Waals surface area contributed by atoms with E-state index in [1.54, 1.807) is 16.7 Å². The van der Waals surface area contributed by atoms with Crippen LogP contribution in [0.5, 0.6) is 0 Å². The number of benzene rings is 1. The molecule has 1 nitrogen and oxygen atoms in total. The van der Waals surface area contributed by atoms with E-state index < -0.39 is 8.24 Å². The number of hydrogen-bond donors (Lipinski definition) is 1. The summed E-state index contributed by atoms with van der Waals surface area (Å²) in [5.74, 6) is 0. The zero-order valence-electron chi connectivity index (χ0n) is 16.3. The van der Waals surface area contributed by atoms with Gasteiger partial charge in [0.25, 0.3) is 0 Å². The van der Waals surface area contributed by atoms with E-state index in [-0.39, 0.29) is 21.7 Å². The number of rotatable bonds is 3. The minimum absolute atomic E-state index is 0. The maximum atomic E-state index is 4.17. The van der Waals surface area contributed by atoms with Crippen LogP contribution >= 0.6 is 0 Å². The van der Waals surface area contributed by atoms with Crippen LogP contribution in [0.4, 0.5) is 0 Å². The Labute approximate surface area is 164 Å². The fourth-order valence-electron chi connectivity index (χ4n) is 5.17. The summed E-state index contributed by atoms with van der Waals surface area (Å²) >= 11 is 0. The molecule has 0 aromatic heterocycles. The Bertz CT molecular complexity index is 641. The van der Waals surface area contributed by atoms with Gasteiger partial charge >= 0.3 is 0 Å². The van der Waals surface area contributed by atoms with Crippen molar-refractivity contribution in [1.29, 1.82) is 0 Å². The SMILES string of the molecule is CC1=C(C)C([Si](C)(C)NC2CCCCC2)c2cc(C)cc(C)c21.[Ti]. The summed E-state index contributed by atoms with van der Waals surface area (Å²) in [5.41, 5.74) is 9.82. The standard InChI is InChI=1S/C21H33NSi.Ti/c1-14-12-15(2)20-16(3)17(4)21(19(20)13-14)23(5,6)22-18-10-8-7-9-11-18;/h12-13,18,21-22H,7-11H2,1-6H3;. The third kappa shape index (κ3) is 3.67. The molecule has 0 bridgehead atoms. The normalized spacial score (nSPS) is 21.7. The molecule has 0 radical (unpaired) electrons. The molecular formula is C21H33NSiTi. The molecule has 130 valence electrons. The molecule has 24 heavy (non-hydrogen) atoms. The molecule has 3 rings (SSSR count). The van der Waals surface area contributed by atoms with Crippen molar-refractivity contribution in [3.63, 3.8) is 0 Å². The smallest absolute Gasteiger partial charge is 0.131 e. The van der Waals surface area contributed by atoms with Gasteiger partial charge in [0.15, 0.2) is 0 Å². The van der Waals surface area contributed by atoms with Crippen molar-refractivity contribution in [2.45, 2.75) is 84.5 Å². The zero-order valence-corrected chi connectivity index (χ0v) is 18.9. The Hall–Kier alpha value is -0.149. The summed E-state index contributed by atoms with van der Waals surface area (Å²) in [4.78, 5) is 4.17. The predicted molar refractivity (Wildman–Crippen MR) is 104 cm³/mol. The van der Waals surface area contributed by atoms with Crippen LogP contribution in [-0.4, -0.2) is 14.3 Å². The van der Waals surface area contributed by atoms with Gasteiger partial charge in [0.05, 0.1) is 0 Å². The molecule has 1 unspecified atom stereocenters. The first kappa shape index (κ1) is 20.2. The van der Waals surface area contributed by atoms with E-state index in [0.29, 0.717) is 5.54 Å². The van der Waals surface area contributed by atoms with E-state index >= 15 is 0 Å². The summed E-state index contributed by atoms with van der Waals surface area (Å²) in [6.45, 7) is 14.4. The van der Waals surface area contributed by atoms with Gasteiger partial charge in [-0.3, -0.25) is 0 Å². The van der Waals surface area contributed by atoms with Gasteiger partial charge in [-0.1, -0.05) is 55.6 Å². The number of fused-ring (bicyclic) bond motifs is 1. The quantitative estimate of drug-likeness (QED) is 0.653. The second-order valence-corrected chi connectivity index (χ2v) is 12.8. The molecule has 1 fully saturated rings. The van der Waals surface area contributed by atoms with Gasteiger partial charge < -0.3 is 4.98 Å². The Balaban J connectivity index is 0.00000208. The molecule has 1 aromatic carbocycles. The zero-order chi connectivity index (χ0) is 16.8. The third-order valence-electron chi connectivity index (χ3n) is 6.12. The van der Waals surface area contributed by atoms with Crippen LogP contribution in [0.25, 0.3) is 5.57 Å². The van der Waals surface area contributed by atoms with Crippen LogP contribution in [-0.2, 0) is 21.7 Å². The van der Waals surface area contributed by atoms with E-state index in [9.17, 15) is 0 Å². The van der Waals surface area contributed by atoms with Crippen molar-refractivity contribution < 1.29 is 21.7 Å². The first-order chi connectivity index (χ1) is 10.8. The maximum absolute atomic E-state index is 4.17. The summed E-state index contributed by atoms with van der Waals surface area (Å²) < 4.78 is 0. The average Bonchev–Trinajstić information content (AvgIpc) is 2.71. The molecule has 1 atom stereocenters. The Morgan fingerprint density at radius 2 is 1.58 bits per heavy atom. The predicted octanol–water partition coefficient (Wildman–Crippen LogP) is 5.86. The van der Waals surface area contributed by atoms with Gasteiger partial charge in [-0.2, -0.15) is 0 Å². The fraction of sp³-hybridized carbons (Fsp3) is 0.619. The van der Waals surface area contributed by atoms with Gasteiger partial charge in [0, 0.05) is 33.3 Å². The molecule has 0 aliphatic heterocycles. The van der Waals surface area contributed by atoms with Gasteiger partial charge in [0.2, 0.25) is 0 Å². The minimum Gasteiger partial charge on any atom is -0.334 e. The van der Waals surface area contributed by atoms with Crippen molar-refractivity contribution in [1.82, 2.24) is 4.98 Å². The molecule has 3 heteroatoms. The first-order valence-corrected chi connectivity index (χ1v) is 12.5. The van der Waals surface area contributed by atoms with Crippen LogP contribution in [0, 0.1) is 13.8 Å². The third-order valence-corrected chi connectivity index (χ3v) is 9.46. The average molecular weight is 375 g/mol. The molecule has 0 heterocycles. The van der Waals surface area contributed by atoms with E-state index in [2.05, 4.69) is 57.9 Å². The van der Waals surface area contributed by atoms with Gasteiger partial charge in [-0.25, -0.2) is 0 Å². The number of hydrogen-bond acceptors (Lipinski definition) is 1. The molecular weight excluding hydrogens is 342 g/mol. The van der Waals surface area contributed by atoms with Gasteiger partial charge in [-0.15, -0.1) is 0 Å². The van der Waals surface area contributed by atoms with E-state index in [1.165, 1.54) is 48.8 Å². The van der Waals surface area contributed by atoms with Crippen LogP contribution in [0.2, 0.25) is 13.1 Å². The topological polar surface area (TPSA) is 12.0 Å². The Kier molecular flexibility index (Phi) is 6.40. The minimum atomic E-state index is -1.57. The monoisotopic (exact) mass is 375 g/mol. The maximum Gasteiger partial charge on any atom is 0.131 e. The molecule has 2 aliphatic rings. The number of allylic oxidation sites excluding steroid dienone is 2. The second kappa shape index (κ2) is 7.62. The largest absolute Gasteiger partial charge is 0.334 e. The molecule has 2 aliphatic carbocycles. The Morgan fingerprint density at radius 1 is 0.958 bits per heavy atom. The van der Waals surface area contributed by atoms with Crippen LogP contribution in [0.15, 0.2) is 17.7 Å². The molecule has 1 saturated carbocycles. The second-order valence-electron chi connectivity index (χ2n) is 8.49. The van der Waals surface area contributed by atoms with Crippen molar-refractivity contribution in [2.75, 3.05) is 0 Å². The van der Waals surface area contributed by atoms with E-state index in [0.717, 1.165) is 6.04 Å². The molecule has 0 spiro atoms. The van der Waals surface area contributed by atoms with Crippen LogP contribution < -0.4 is 4.98 Å².